The summed E-state index contributed by atoms with van der Waals surface area (Å²) in [5, 5.41) is 0. The highest BCUT2D eigenvalue weighted by Crippen LogP contribution is 2.20. The SMILES string of the molecule is O=C(OCC(=O)N1CCc2ccccc2C1)c1ccc(F)cc1Br. The Morgan fingerprint density at radius 2 is 1.92 bits per heavy atom. The first-order valence-corrected chi connectivity index (χ1v) is 8.30. The molecule has 1 heterocycles. The van der Waals surface area contributed by atoms with E-state index in [4.69, 9.17) is 4.74 Å². The molecule has 1 aliphatic heterocycles. The topological polar surface area (TPSA) is 46.6 Å². The average Bonchev–Trinajstić information content (AvgIpc) is 2.59. The van der Waals surface area contributed by atoms with E-state index in [-0.39, 0.29) is 18.1 Å². The zero-order valence-corrected chi connectivity index (χ0v) is 14.4. The number of hydrogen-bond donors (Lipinski definition) is 0. The molecule has 2 aromatic carbocycles. The largest absolute Gasteiger partial charge is 0.452 e. The Bertz CT molecular complexity index is 794. The normalized spacial score (nSPS) is 13.3. The number of halogens is 2. The number of ether oxygens (including phenoxy) is 1. The second-order valence-corrected chi connectivity index (χ2v) is 6.39. The van der Waals surface area contributed by atoms with Crippen LogP contribution in [0.5, 0.6) is 0 Å². The van der Waals surface area contributed by atoms with Crippen molar-refractivity contribution in [3.05, 3.63) is 69.4 Å². The monoisotopic (exact) mass is 391 g/mol. The summed E-state index contributed by atoms with van der Waals surface area (Å²) in [6.07, 6.45) is 0.791. The van der Waals surface area contributed by atoms with Crippen LogP contribution in [0.3, 0.4) is 0 Å². The Morgan fingerprint density at radius 1 is 1.17 bits per heavy atom. The van der Waals surface area contributed by atoms with Gasteiger partial charge >= 0.3 is 5.97 Å². The minimum atomic E-state index is -0.660. The van der Waals surface area contributed by atoms with Crippen LogP contribution in [0, 0.1) is 5.82 Å². The van der Waals surface area contributed by atoms with Gasteiger partial charge in [0.05, 0.1) is 5.56 Å². The van der Waals surface area contributed by atoms with E-state index in [1.54, 1.807) is 4.90 Å². The molecule has 1 amide bonds. The highest BCUT2D eigenvalue weighted by molar-refractivity contribution is 9.10. The van der Waals surface area contributed by atoms with E-state index in [2.05, 4.69) is 22.0 Å². The van der Waals surface area contributed by atoms with Crippen molar-refractivity contribution >= 4 is 27.8 Å². The first-order valence-electron chi connectivity index (χ1n) is 7.51. The molecule has 0 radical (unpaired) electrons. The molecule has 1 aliphatic rings. The van der Waals surface area contributed by atoms with Crippen LogP contribution in [-0.4, -0.2) is 29.9 Å². The summed E-state index contributed by atoms with van der Waals surface area (Å²) in [5.41, 5.74) is 2.55. The van der Waals surface area contributed by atoms with Crippen molar-refractivity contribution in [3.8, 4) is 0 Å². The molecule has 0 aromatic heterocycles. The van der Waals surface area contributed by atoms with Crippen LogP contribution in [0.1, 0.15) is 21.5 Å². The number of hydrogen-bond acceptors (Lipinski definition) is 3. The molecule has 24 heavy (non-hydrogen) atoms. The van der Waals surface area contributed by atoms with Crippen molar-refractivity contribution in [1.82, 2.24) is 4.90 Å². The zero-order chi connectivity index (χ0) is 17.1. The van der Waals surface area contributed by atoms with Gasteiger partial charge in [-0.2, -0.15) is 0 Å². The van der Waals surface area contributed by atoms with Gasteiger partial charge in [0.15, 0.2) is 6.61 Å². The smallest absolute Gasteiger partial charge is 0.339 e. The average molecular weight is 392 g/mol. The van der Waals surface area contributed by atoms with Crippen molar-refractivity contribution < 1.29 is 18.7 Å². The summed E-state index contributed by atoms with van der Waals surface area (Å²) >= 11 is 3.11. The van der Waals surface area contributed by atoms with Crippen LogP contribution in [0.4, 0.5) is 4.39 Å². The fourth-order valence-electron chi connectivity index (χ4n) is 2.66. The predicted molar refractivity (Wildman–Crippen MR) is 89.9 cm³/mol. The Balaban J connectivity index is 1.59. The van der Waals surface area contributed by atoms with Crippen molar-refractivity contribution in [2.45, 2.75) is 13.0 Å². The summed E-state index contributed by atoms with van der Waals surface area (Å²) in [6, 6.07) is 11.7. The molecule has 0 N–H and O–H groups in total. The fourth-order valence-corrected chi connectivity index (χ4v) is 3.17. The molecule has 0 fully saturated rings. The summed E-state index contributed by atoms with van der Waals surface area (Å²) in [5.74, 6) is -1.36. The van der Waals surface area contributed by atoms with E-state index < -0.39 is 11.8 Å². The second kappa shape index (κ2) is 7.13. The Hall–Kier alpha value is -2.21. The standard InChI is InChI=1S/C18H15BrFNO3/c19-16-9-14(20)5-6-15(16)18(23)24-11-17(22)21-8-7-12-3-1-2-4-13(12)10-21/h1-6,9H,7-8,10-11H2. The third-order valence-corrected chi connectivity index (χ3v) is 4.62. The van der Waals surface area contributed by atoms with Gasteiger partial charge in [0.1, 0.15) is 5.82 Å². The molecular weight excluding hydrogens is 377 g/mol. The molecule has 0 saturated carbocycles. The molecule has 0 unspecified atom stereocenters. The summed E-state index contributed by atoms with van der Waals surface area (Å²) in [4.78, 5) is 26.0. The zero-order valence-electron chi connectivity index (χ0n) is 12.8. The molecular formula is C18H15BrFNO3. The van der Waals surface area contributed by atoms with Gasteiger partial charge in [-0.15, -0.1) is 0 Å². The number of nitrogens with zero attached hydrogens (tertiary/aromatic N) is 1. The number of carbonyl (C=O) groups excluding carboxylic acids is 2. The number of carbonyl (C=O) groups is 2. The summed E-state index contributed by atoms with van der Waals surface area (Å²) in [6.45, 7) is 0.797. The van der Waals surface area contributed by atoms with Gasteiger partial charge in [-0.1, -0.05) is 24.3 Å². The van der Waals surface area contributed by atoms with Gasteiger partial charge in [-0.25, -0.2) is 9.18 Å². The Kier molecular flexibility index (Phi) is 4.94. The number of benzene rings is 2. The van der Waals surface area contributed by atoms with Crippen LogP contribution in [0.25, 0.3) is 0 Å². The van der Waals surface area contributed by atoms with Crippen LogP contribution in [0.2, 0.25) is 0 Å². The third-order valence-electron chi connectivity index (χ3n) is 3.96. The van der Waals surface area contributed by atoms with Crippen molar-refractivity contribution in [3.63, 3.8) is 0 Å². The molecule has 0 spiro atoms. The van der Waals surface area contributed by atoms with Crippen LogP contribution in [0.15, 0.2) is 46.9 Å². The van der Waals surface area contributed by atoms with Gasteiger partial charge in [0.25, 0.3) is 5.91 Å². The molecule has 2 aromatic rings. The minimum absolute atomic E-state index is 0.188. The first kappa shape index (κ1) is 16.6. The maximum atomic E-state index is 13.0. The van der Waals surface area contributed by atoms with Crippen LogP contribution in [-0.2, 0) is 22.5 Å². The number of rotatable bonds is 3. The molecule has 3 rings (SSSR count). The summed E-state index contributed by atoms with van der Waals surface area (Å²) < 4.78 is 18.4. The number of fused-ring (bicyclic) bond motifs is 1. The lowest BCUT2D eigenvalue weighted by Crippen LogP contribution is -2.38. The lowest BCUT2D eigenvalue weighted by molar-refractivity contribution is -0.135. The lowest BCUT2D eigenvalue weighted by atomic mass is 10.00. The summed E-state index contributed by atoms with van der Waals surface area (Å²) in [7, 11) is 0. The number of esters is 1. The molecule has 4 nitrogen and oxygen atoms in total. The van der Waals surface area contributed by atoms with E-state index in [1.807, 2.05) is 18.2 Å². The highest BCUT2D eigenvalue weighted by atomic mass is 79.9. The molecule has 0 bridgehead atoms. The van der Waals surface area contributed by atoms with Gasteiger partial charge in [-0.3, -0.25) is 4.79 Å². The van der Waals surface area contributed by atoms with Gasteiger partial charge in [-0.05, 0) is 51.7 Å². The fraction of sp³-hybridized carbons (Fsp3) is 0.222. The number of amides is 1. The maximum Gasteiger partial charge on any atom is 0.339 e. The molecule has 124 valence electrons. The van der Waals surface area contributed by atoms with E-state index in [0.29, 0.717) is 17.6 Å². The molecule has 0 aliphatic carbocycles. The van der Waals surface area contributed by atoms with Crippen molar-refractivity contribution in [2.75, 3.05) is 13.2 Å². The molecule has 0 atom stereocenters. The molecule has 0 saturated heterocycles. The predicted octanol–water partition coefficient (Wildman–Crippen LogP) is 3.33. The van der Waals surface area contributed by atoms with E-state index in [0.717, 1.165) is 12.0 Å². The first-order chi connectivity index (χ1) is 11.5. The third kappa shape index (κ3) is 3.64. The van der Waals surface area contributed by atoms with Gasteiger partial charge < -0.3 is 9.64 Å². The quantitative estimate of drug-likeness (QED) is 0.753. The van der Waals surface area contributed by atoms with Crippen LogP contribution < -0.4 is 0 Å². The van der Waals surface area contributed by atoms with E-state index in [1.165, 1.54) is 23.8 Å². The minimum Gasteiger partial charge on any atom is -0.452 e. The lowest BCUT2D eigenvalue weighted by Gasteiger charge is -2.28. The Morgan fingerprint density at radius 3 is 2.67 bits per heavy atom. The van der Waals surface area contributed by atoms with Crippen LogP contribution >= 0.6 is 15.9 Å². The van der Waals surface area contributed by atoms with Crippen molar-refractivity contribution in [1.29, 1.82) is 0 Å². The van der Waals surface area contributed by atoms with Gasteiger partial charge in [0, 0.05) is 17.6 Å². The Labute approximate surface area is 147 Å². The second-order valence-electron chi connectivity index (χ2n) is 5.53. The van der Waals surface area contributed by atoms with Crippen molar-refractivity contribution in [2.24, 2.45) is 0 Å². The highest BCUT2D eigenvalue weighted by Gasteiger charge is 2.22. The molecule has 6 heteroatoms. The van der Waals surface area contributed by atoms with Gasteiger partial charge in [0.2, 0.25) is 0 Å². The van der Waals surface area contributed by atoms with E-state index in [9.17, 15) is 14.0 Å². The maximum absolute atomic E-state index is 13.0. The van der Waals surface area contributed by atoms with E-state index >= 15 is 0 Å².